The number of rotatable bonds is 0. The molecule has 102 valence electrons. The summed E-state index contributed by atoms with van der Waals surface area (Å²) >= 11 is 0. The highest BCUT2D eigenvalue weighted by molar-refractivity contribution is 6.04. The molecule has 0 radical (unpaired) electrons. The van der Waals surface area contributed by atoms with E-state index in [0.717, 1.165) is 28.7 Å². The number of allylic oxidation sites excluding steroid dienone is 12. The largest absolute Gasteiger partial charge is 0.686 e. The van der Waals surface area contributed by atoms with E-state index in [9.17, 15) is 0 Å². The molecule has 21 heavy (non-hydrogen) atoms. The number of hydrogen-bond acceptors (Lipinski definition) is 0. The molecule has 0 aliphatic heterocycles. The number of hydrogen-bond donors (Lipinski definition) is 0. The van der Waals surface area contributed by atoms with Crippen molar-refractivity contribution in [1.29, 1.82) is 0 Å². The molecule has 0 unspecified atom stereocenters. The molecule has 0 heterocycles. The summed E-state index contributed by atoms with van der Waals surface area (Å²) in [7, 11) is 0. The Hall–Kier alpha value is -2.77. The highest BCUT2D eigenvalue weighted by Crippen LogP contribution is 2.16. The Labute approximate surface area is 127 Å². The van der Waals surface area contributed by atoms with Gasteiger partial charge in [0.05, 0.1) is 5.57 Å². The minimum absolute atomic E-state index is 0.514. The van der Waals surface area contributed by atoms with Crippen LogP contribution in [0.1, 0.15) is 21.7 Å². The number of carbonyl (C=O) groups excluding carboxylic acids is 1. The molecule has 0 spiro atoms. The molecular formula is C20H17O+. The van der Waals surface area contributed by atoms with Crippen molar-refractivity contribution in [2.24, 2.45) is 0 Å². The van der Waals surface area contributed by atoms with E-state index in [0.29, 0.717) is 5.78 Å². The Morgan fingerprint density at radius 2 is 1.81 bits per heavy atom. The molecule has 0 saturated heterocycles. The predicted octanol–water partition coefficient (Wildman–Crippen LogP) is 3.81. The standard InChI is InChI=1S/C20H16O/c1-16-7-3-4-8-18-9-5-6-10-19(15-18)13-14-20(21)17(2)12-11-16/h5-6,9-14H,15H2,1-2H3/p+1/b14-13+,16-11-,17-12+/i/hD. The molecule has 2 aliphatic carbocycles. The van der Waals surface area contributed by atoms with Gasteiger partial charge in [0.15, 0.2) is 0 Å². The van der Waals surface area contributed by atoms with E-state index in [1.54, 1.807) is 0 Å². The lowest BCUT2D eigenvalue weighted by Gasteiger charge is -1.98. The van der Waals surface area contributed by atoms with Crippen LogP contribution in [-0.4, -0.2) is 10.6 Å². The molecule has 0 fully saturated rings. The van der Waals surface area contributed by atoms with Crippen molar-refractivity contribution in [3.8, 4) is 23.7 Å². The lowest BCUT2D eigenvalue weighted by Crippen LogP contribution is -1.95. The Balaban J connectivity index is 2.49. The minimum atomic E-state index is 0.514. The van der Waals surface area contributed by atoms with E-state index in [1.807, 2.05) is 62.5 Å². The first-order chi connectivity index (χ1) is 10.7. The van der Waals surface area contributed by atoms with Gasteiger partial charge < -0.3 is 0 Å². The van der Waals surface area contributed by atoms with Gasteiger partial charge in [-0.15, -0.1) is 0 Å². The number of ketones is 1. The third kappa shape index (κ3) is 4.68. The minimum Gasteiger partial charge on any atom is -0.274 e. The van der Waals surface area contributed by atoms with Crippen LogP contribution < -0.4 is 0 Å². The highest BCUT2D eigenvalue weighted by Gasteiger charge is 2.07. The molecule has 0 saturated carbocycles. The van der Waals surface area contributed by atoms with Gasteiger partial charge in [0.2, 0.25) is 0 Å². The van der Waals surface area contributed by atoms with Crippen LogP contribution in [0.4, 0.5) is 0 Å². The van der Waals surface area contributed by atoms with Gasteiger partial charge in [-0.2, -0.15) is 0 Å². The maximum atomic E-state index is 7.22. The second-order valence-electron chi connectivity index (χ2n) is 4.89. The second-order valence-corrected chi connectivity index (χ2v) is 4.89. The van der Waals surface area contributed by atoms with Gasteiger partial charge in [-0.1, -0.05) is 42.2 Å². The molecule has 1 N–H and O–H groups in total. The smallest absolute Gasteiger partial charge is 0.274 e. The van der Waals surface area contributed by atoms with E-state index in [-0.39, 0.29) is 0 Å². The van der Waals surface area contributed by atoms with E-state index in [4.69, 9.17) is 6.23 Å². The summed E-state index contributed by atoms with van der Waals surface area (Å²) in [6, 6.07) is 0. The maximum absolute atomic E-state index is 7.22. The molecule has 0 aromatic rings. The van der Waals surface area contributed by atoms with Crippen LogP contribution in [0.2, 0.25) is 0 Å². The first kappa shape index (κ1) is 13.2. The summed E-state index contributed by atoms with van der Waals surface area (Å²) in [6.45, 7) is 3.83. The van der Waals surface area contributed by atoms with Crippen LogP contribution in [0.3, 0.4) is 0 Å². The molecular weight excluding hydrogens is 256 g/mol. The summed E-state index contributed by atoms with van der Waals surface area (Å²) in [6.07, 6.45) is 16.3. The van der Waals surface area contributed by atoms with Crippen molar-refractivity contribution < 1.29 is 6.23 Å². The summed E-state index contributed by atoms with van der Waals surface area (Å²) < 4.78 is 7.22. The zero-order valence-corrected chi connectivity index (χ0v) is 12.2. The molecule has 0 amide bonds. The van der Waals surface area contributed by atoms with E-state index in [1.165, 1.54) is 0 Å². The van der Waals surface area contributed by atoms with Crippen molar-refractivity contribution >= 4 is 5.78 Å². The average molecular weight is 274 g/mol. The lowest BCUT2D eigenvalue weighted by atomic mass is 10.0. The third-order valence-electron chi connectivity index (χ3n) is 3.08. The lowest BCUT2D eigenvalue weighted by molar-refractivity contribution is 0.680. The van der Waals surface area contributed by atoms with Crippen molar-refractivity contribution in [2.45, 2.75) is 20.3 Å². The molecule has 2 aliphatic rings. The molecule has 0 atom stereocenters. The Kier molecular flexibility index (Phi) is 4.49. The fourth-order valence-electron chi connectivity index (χ4n) is 1.82. The first-order valence-corrected chi connectivity index (χ1v) is 6.81. The molecule has 2 rings (SSSR count). The van der Waals surface area contributed by atoms with Crippen LogP contribution >= 0.6 is 0 Å². The summed E-state index contributed by atoms with van der Waals surface area (Å²) in [5, 5.41) is 0. The van der Waals surface area contributed by atoms with Crippen LogP contribution in [0.25, 0.3) is 0 Å². The van der Waals surface area contributed by atoms with Gasteiger partial charge >= 0.3 is 7.21 Å². The zero-order chi connectivity index (χ0) is 15.8. The molecule has 0 aromatic carbocycles. The summed E-state index contributed by atoms with van der Waals surface area (Å²) in [5.41, 5.74) is 3.90. The normalized spacial score (nSPS) is 26.8. The molecule has 0 aromatic heterocycles. The second kappa shape index (κ2) is 7.13. The fourth-order valence-corrected chi connectivity index (χ4v) is 1.82. The molecule has 1 heteroatoms. The van der Waals surface area contributed by atoms with E-state index < -0.39 is 0 Å². The van der Waals surface area contributed by atoms with Crippen molar-refractivity contribution in [1.82, 2.24) is 0 Å². The van der Waals surface area contributed by atoms with Gasteiger partial charge in [-0.05, 0) is 49.0 Å². The molecule has 2 bridgehead atoms. The molecule has 1 nitrogen and oxygen atoms in total. The first-order valence-electron chi connectivity index (χ1n) is 7.22. The Morgan fingerprint density at radius 1 is 1.00 bits per heavy atom. The maximum Gasteiger partial charge on any atom is 0.686 e. The van der Waals surface area contributed by atoms with Crippen molar-refractivity contribution in [2.75, 3.05) is 0 Å². The average Bonchev–Trinajstić information content (AvgIpc) is 2.74. The van der Waals surface area contributed by atoms with Crippen LogP contribution in [0.5, 0.6) is 0 Å². The van der Waals surface area contributed by atoms with Gasteiger partial charge in [-0.25, -0.2) is 0 Å². The topological polar surface area (TPSA) is 21.4 Å². The van der Waals surface area contributed by atoms with E-state index >= 15 is 0 Å². The summed E-state index contributed by atoms with van der Waals surface area (Å²) in [4.78, 5) is 4.73. The van der Waals surface area contributed by atoms with Crippen molar-refractivity contribution in [3.63, 3.8) is 0 Å². The SMILES string of the molecule is [2H][O+]=C1/C=C/C2=CC=CC=C(C#CC#C/C(C)=C\C=C\1C)C2. The fraction of sp³-hybridized carbons (Fsp3) is 0.150. The van der Waals surface area contributed by atoms with Gasteiger partial charge in [0.25, 0.3) is 0 Å². The highest BCUT2D eigenvalue weighted by atomic mass is 16.1. The predicted molar refractivity (Wildman–Crippen MR) is 89.1 cm³/mol. The van der Waals surface area contributed by atoms with Gasteiger partial charge in [0, 0.05) is 18.1 Å². The summed E-state index contributed by atoms with van der Waals surface area (Å²) in [5.74, 6) is 12.4. The van der Waals surface area contributed by atoms with E-state index in [2.05, 4.69) is 23.7 Å². The van der Waals surface area contributed by atoms with Crippen LogP contribution in [-0.2, 0) is 0 Å². The van der Waals surface area contributed by atoms with Gasteiger partial charge in [-0.3, -0.25) is 4.80 Å². The number of fused-ring (bicyclic) bond motifs is 2. The van der Waals surface area contributed by atoms with Crippen molar-refractivity contribution in [3.05, 3.63) is 70.9 Å². The van der Waals surface area contributed by atoms with Gasteiger partial charge in [0.1, 0.15) is 0 Å². The van der Waals surface area contributed by atoms with Crippen LogP contribution in [0.15, 0.2) is 70.9 Å². The Bertz CT molecular complexity index is 788. The third-order valence-corrected chi connectivity index (χ3v) is 3.08. The monoisotopic (exact) mass is 274 g/mol. The zero-order valence-electron chi connectivity index (χ0n) is 13.2. The quantitative estimate of drug-likeness (QED) is 0.473. The Morgan fingerprint density at radius 3 is 2.67 bits per heavy atom. The van der Waals surface area contributed by atoms with Crippen LogP contribution in [0, 0.1) is 23.7 Å².